The van der Waals surface area contributed by atoms with E-state index >= 15 is 0 Å². The Hall–Kier alpha value is -1.75. The SMILES string of the molecule is COC(=O)c1ccc(N)c(N[C@@H]2COC[C@H]2C)c1. The van der Waals surface area contributed by atoms with Crippen molar-refractivity contribution >= 4 is 17.3 Å². The van der Waals surface area contributed by atoms with Gasteiger partial charge in [-0.3, -0.25) is 0 Å². The number of nitrogens with one attached hydrogen (secondary N) is 1. The minimum Gasteiger partial charge on any atom is -0.465 e. The van der Waals surface area contributed by atoms with Crippen molar-refractivity contribution in [1.29, 1.82) is 0 Å². The van der Waals surface area contributed by atoms with E-state index < -0.39 is 0 Å². The summed E-state index contributed by atoms with van der Waals surface area (Å²) in [6.45, 7) is 3.52. The van der Waals surface area contributed by atoms with Crippen molar-refractivity contribution in [2.45, 2.75) is 13.0 Å². The summed E-state index contributed by atoms with van der Waals surface area (Å²) < 4.78 is 10.1. The topological polar surface area (TPSA) is 73.6 Å². The van der Waals surface area contributed by atoms with Crippen LogP contribution in [0.1, 0.15) is 17.3 Å². The van der Waals surface area contributed by atoms with Crippen LogP contribution >= 0.6 is 0 Å². The van der Waals surface area contributed by atoms with Crippen molar-refractivity contribution in [2.24, 2.45) is 5.92 Å². The van der Waals surface area contributed by atoms with Crippen LogP contribution in [0.15, 0.2) is 18.2 Å². The Kier molecular flexibility index (Phi) is 3.72. The van der Waals surface area contributed by atoms with Crippen molar-refractivity contribution in [2.75, 3.05) is 31.4 Å². The van der Waals surface area contributed by atoms with Crippen LogP contribution in [0.5, 0.6) is 0 Å². The molecule has 3 N–H and O–H groups in total. The molecule has 0 aromatic heterocycles. The Morgan fingerprint density at radius 2 is 2.28 bits per heavy atom. The Bertz CT molecular complexity index is 448. The number of nitrogen functional groups attached to an aromatic ring is 1. The zero-order valence-electron chi connectivity index (χ0n) is 10.6. The van der Waals surface area contributed by atoms with Crippen molar-refractivity contribution in [3.05, 3.63) is 23.8 Å². The summed E-state index contributed by atoms with van der Waals surface area (Å²) in [6, 6.07) is 5.29. The summed E-state index contributed by atoms with van der Waals surface area (Å²) in [5, 5.41) is 3.32. The first-order chi connectivity index (χ1) is 8.61. The quantitative estimate of drug-likeness (QED) is 0.628. The molecule has 1 aliphatic heterocycles. The van der Waals surface area contributed by atoms with E-state index in [1.54, 1.807) is 18.2 Å². The van der Waals surface area contributed by atoms with E-state index in [-0.39, 0.29) is 12.0 Å². The van der Waals surface area contributed by atoms with Gasteiger partial charge in [0.1, 0.15) is 0 Å². The Balaban J connectivity index is 2.18. The lowest BCUT2D eigenvalue weighted by Crippen LogP contribution is -2.26. The average Bonchev–Trinajstić information content (AvgIpc) is 2.77. The molecular formula is C13H18N2O3. The number of hydrogen-bond acceptors (Lipinski definition) is 5. The van der Waals surface area contributed by atoms with Crippen LogP contribution in [-0.4, -0.2) is 32.3 Å². The summed E-state index contributed by atoms with van der Waals surface area (Å²) in [5.74, 6) is 0.0555. The van der Waals surface area contributed by atoms with E-state index in [4.69, 9.17) is 15.2 Å². The number of carbonyl (C=O) groups excluding carboxylic acids is 1. The van der Waals surface area contributed by atoms with E-state index in [1.807, 2.05) is 0 Å². The van der Waals surface area contributed by atoms with Crippen LogP contribution in [0.25, 0.3) is 0 Å². The number of nitrogens with two attached hydrogens (primary N) is 1. The second kappa shape index (κ2) is 5.27. The fourth-order valence-corrected chi connectivity index (χ4v) is 1.97. The predicted molar refractivity (Wildman–Crippen MR) is 69.6 cm³/mol. The average molecular weight is 250 g/mol. The van der Waals surface area contributed by atoms with Gasteiger partial charge >= 0.3 is 5.97 Å². The lowest BCUT2D eigenvalue weighted by atomic mass is 10.1. The molecule has 0 unspecified atom stereocenters. The lowest BCUT2D eigenvalue weighted by molar-refractivity contribution is 0.0601. The van der Waals surface area contributed by atoms with E-state index in [9.17, 15) is 4.79 Å². The van der Waals surface area contributed by atoms with Gasteiger partial charge in [0, 0.05) is 5.92 Å². The minimum atomic E-state index is -0.367. The molecule has 0 amide bonds. The molecule has 0 spiro atoms. The Morgan fingerprint density at radius 3 is 2.89 bits per heavy atom. The molecule has 0 radical (unpaired) electrons. The predicted octanol–water partition coefficient (Wildman–Crippen LogP) is 1.50. The highest BCUT2D eigenvalue weighted by molar-refractivity contribution is 5.92. The summed E-state index contributed by atoms with van der Waals surface area (Å²) >= 11 is 0. The van der Waals surface area contributed by atoms with Gasteiger partial charge in [-0.05, 0) is 18.2 Å². The first-order valence-corrected chi connectivity index (χ1v) is 5.94. The maximum atomic E-state index is 11.5. The van der Waals surface area contributed by atoms with Crippen molar-refractivity contribution in [3.63, 3.8) is 0 Å². The molecule has 2 atom stereocenters. The first kappa shape index (κ1) is 12.7. The molecule has 1 aliphatic rings. The molecule has 18 heavy (non-hydrogen) atoms. The minimum absolute atomic E-state index is 0.222. The maximum absolute atomic E-state index is 11.5. The third-order valence-corrected chi connectivity index (χ3v) is 3.18. The molecule has 0 saturated carbocycles. The maximum Gasteiger partial charge on any atom is 0.337 e. The smallest absolute Gasteiger partial charge is 0.337 e. The van der Waals surface area contributed by atoms with Crippen molar-refractivity contribution < 1.29 is 14.3 Å². The van der Waals surface area contributed by atoms with Gasteiger partial charge in [-0.2, -0.15) is 0 Å². The molecule has 1 heterocycles. The van der Waals surface area contributed by atoms with Gasteiger partial charge in [0.05, 0.1) is 43.3 Å². The third-order valence-electron chi connectivity index (χ3n) is 3.18. The molecule has 0 bridgehead atoms. The summed E-state index contributed by atoms with van der Waals surface area (Å²) in [7, 11) is 1.36. The van der Waals surface area contributed by atoms with Gasteiger partial charge in [-0.1, -0.05) is 6.92 Å². The fourth-order valence-electron chi connectivity index (χ4n) is 1.97. The molecule has 0 aliphatic carbocycles. The van der Waals surface area contributed by atoms with Crippen molar-refractivity contribution in [1.82, 2.24) is 0 Å². The highest BCUT2D eigenvalue weighted by Crippen LogP contribution is 2.25. The summed E-state index contributed by atoms with van der Waals surface area (Å²) in [4.78, 5) is 11.5. The highest BCUT2D eigenvalue weighted by atomic mass is 16.5. The van der Waals surface area contributed by atoms with Crippen LogP contribution in [0.2, 0.25) is 0 Å². The number of anilines is 2. The van der Waals surface area contributed by atoms with Crippen LogP contribution in [0.3, 0.4) is 0 Å². The first-order valence-electron chi connectivity index (χ1n) is 5.94. The van der Waals surface area contributed by atoms with E-state index in [0.717, 1.165) is 12.3 Å². The molecule has 98 valence electrons. The monoisotopic (exact) mass is 250 g/mol. The molecular weight excluding hydrogens is 232 g/mol. The number of hydrogen-bond donors (Lipinski definition) is 2. The van der Waals surface area contributed by atoms with E-state index in [2.05, 4.69) is 12.2 Å². The van der Waals surface area contributed by atoms with Gasteiger partial charge in [-0.15, -0.1) is 0 Å². The van der Waals surface area contributed by atoms with Crippen LogP contribution < -0.4 is 11.1 Å². The van der Waals surface area contributed by atoms with Gasteiger partial charge in [-0.25, -0.2) is 4.79 Å². The van der Waals surface area contributed by atoms with Crippen LogP contribution in [0.4, 0.5) is 11.4 Å². The number of carbonyl (C=O) groups is 1. The molecule has 1 aromatic carbocycles. The highest BCUT2D eigenvalue weighted by Gasteiger charge is 2.24. The molecule has 1 fully saturated rings. The lowest BCUT2D eigenvalue weighted by Gasteiger charge is -2.18. The number of rotatable bonds is 3. The summed E-state index contributed by atoms with van der Waals surface area (Å²) in [5.41, 5.74) is 7.75. The van der Waals surface area contributed by atoms with Crippen LogP contribution in [-0.2, 0) is 9.47 Å². The molecule has 1 aromatic rings. The standard InChI is InChI=1S/C13H18N2O3/c1-8-6-18-7-12(8)15-11-5-9(13(16)17-2)3-4-10(11)14/h3-5,8,12,15H,6-7,14H2,1-2H3/t8-,12-/m1/s1. The second-order valence-corrected chi connectivity index (χ2v) is 4.56. The van der Waals surface area contributed by atoms with Gasteiger partial charge in [0.25, 0.3) is 0 Å². The zero-order chi connectivity index (χ0) is 13.1. The van der Waals surface area contributed by atoms with Gasteiger partial charge in [0.15, 0.2) is 0 Å². The third kappa shape index (κ3) is 2.56. The number of methoxy groups -OCH3 is 1. The van der Waals surface area contributed by atoms with Crippen LogP contribution in [0, 0.1) is 5.92 Å². The van der Waals surface area contributed by atoms with Gasteiger partial charge in [0.2, 0.25) is 0 Å². The molecule has 2 rings (SSSR count). The molecule has 1 saturated heterocycles. The molecule has 5 heteroatoms. The Morgan fingerprint density at radius 1 is 1.50 bits per heavy atom. The largest absolute Gasteiger partial charge is 0.465 e. The number of esters is 1. The fraction of sp³-hybridized carbons (Fsp3) is 0.462. The second-order valence-electron chi connectivity index (χ2n) is 4.56. The number of benzene rings is 1. The van der Waals surface area contributed by atoms with Gasteiger partial charge < -0.3 is 20.5 Å². The normalized spacial score (nSPS) is 22.8. The Labute approximate surface area is 106 Å². The zero-order valence-corrected chi connectivity index (χ0v) is 10.6. The summed E-state index contributed by atoms with van der Waals surface area (Å²) in [6.07, 6.45) is 0. The van der Waals surface area contributed by atoms with E-state index in [0.29, 0.717) is 23.8 Å². The number of ether oxygens (including phenoxy) is 2. The van der Waals surface area contributed by atoms with Crippen molar-refractivity contribution in [3.8, 4) is 0 Å². The molecule has 5 nitrogen and oxygen atoms in total. The van der Waals surface area contributed by atoms with E-state index in [1.165, 1.54) is 7.11 Å².